The van der Waals surface area contributed by atoms with Crippen LogP contribution in [0.1, 0.15) is 29.7 Å². The smallest absolute Gasteiger partial charge is 0.240 e. The molecule has 2 aromatic carbocycles. The van der Waals surface area contributed by atoms with Crippen molar-refractivity contribution in [2.75, 3.05) is 13.6 Å². The molecule has 1 atom stereocenters. The van der Waals surface area contributed by atoms with Crippen LogP contribution in [0.4, 0.5) is 0 Å². The van der Waals surface area contributed by atoms with Crippen LogP contribution in [0.2, 0.25) is 0 Å². The summed E-state index contributed by atoms with van der Waals surface area (Å²) in [7, 11) is 1.71. The Morgan fingerprint density at radius 3 is 2.43 bits per heavy atom. The molecule has 3 heterocycles. The van der Waals surface area contributed by atoms with Gasteiger partial charge in [0.25, 0.3) is 0 Å². The summed E-state index contributed by atoms with van der Waals surface area (Å²) in [5.74, 6) is -0.813. The Kier molecular flexibility index (Phi) is 6.72. The lowest BCUT2D eigenvalue weighted by atomic mass is 9.75. The lowest BCUT2D eigenvalue weighted by Gasteiger charge is -2.29. The molecule has 0 radical (unpaired) electrons. The number of aromatic nitrogens is 3. The van der Waals surface area contributed by atoms with Crippen molar-refractivity contribution in [3.8, 4) is 0 Å². The fourth-order valence-electron chi connectivity index (χ4n) is 4.88. The highest BCUT2D eigenvalue weighted by Gasteiger charge is 2.53. The van der Waals surface area contributed by atoms with E-state index in [2.05, 4.69) is 15.0 Å². The second-order valence-corrected chi connectivity index (χ2v) is 9.35. The standard InChI is InChI=1S/C29H27N5O3/c1-33(20-21-10-11-24-25(17-21)32-15-14-31-24)26(35)18-29(22-7-3-2-4-8-22)19-27(36)34(28(29)37)16-12-23-9-5-6-13-30-23/h2-11,13-15,17H,12,16,18-20H2,1H3/t29-/m1/s1. The second-order valence-electron chi connectivity index (χ2n) is 9.35. The molecule has 37 heavy (non-hydrogen) atoms. The molecule has 0 bridgehead atoms. The normalized spacial score (nSPS) is 17.4. The molecular formula is C29H27N5O3. The number of carbonyl (C=O) groups is 3. The van der Waals surface area contributed by atoms with E-state index in [9.17, 15) is 14.4 Å². The molecule has 1 saturated heterocycles. The van der Waals surface area contributed by atoms with Gasteiger partial charge in [-0.05, 0) is 35.4 Å². The fourth-order valence-corrected chi connectivity index (χ4v) is 4.88. The van der Waals surface area contributed by atoms with Gasteiger partial charge in [0.15, 0.2) is 0 Å². The van der Waals surface area contributed by atoms with Crippen LogP contribution in [0, 0.1) is 0 Å². The number of hydrogen-bond acceptors (Lipinski definition) is 6. The first-order chi connectivity index (χ1) is 18.0. The van der Waals surface area contributed by atoms with E-state index in [-0.39, 0.29) is 37.1 Å². The molecule has 3 amide bonds. The van der Waals surface area contributed by atoms with Gasteiger partial charge in [-0.2, -0.15) is 0 Å². The van der Waals surface area contributed by atoms with Crippen LogP contribution < -0.4 is 0 Å². The minimum atomic E-state index is -1.23. The van der Waals surface area contributed by atoms with E-state index in [4.69, 9.17) is 0 Å². The van der Waals surface area contributed by atoms with Crippen LogP contribution in [-0.2, 0) is 32.8 Å². The number of benzene rings is 2. The van der Waals surface area contributed by atoms with Crippen LogP contribution in [0.5, 0.6) is 0 Å². The number of amides is 3. The van der Waals surface area contributed by atoms with E-state index in [1.807, 2.05) is 66.7 Å². The summed E-state index contributed by atoms with van der Waals surface area (Å²) in [5.41, 5.74) is 2.68. The third kappa shape index (κ3) is 4.95. The van der Waals surface area contributed by atoms with Gasteiger partial charge in [-0.15, -0.1) is 0 Å². The minimum absolute atomic E-state index is 0.0385. The van der Waals surface area contributed by atoms with Crippen LogP contribution in [0.3, 0.4) is 0 Å². The quantitative estimate of drug-likeness (QED) is 0.350. The minimum Gasteiger partial charge on any atom is -0.341 e. The van der Waals surface area contributed by atoms with Crippen LogP contribution in [0.15, 0.2) is 85.3 Å². The van der Waals surface area contributed by atoms with E-state index in [1.54, 1.807) is 30.5 Å². The average Bonchev–Trinajstić information content (AvgIpc) is 3.17. The van der Waals surface area contributed by atoms with E-state index < -0.39 is 5.41 Å². The zero-order valence-corrected chi connectivity index (χ0v) is 20.6. The van der Waals surface area contributed by atoms with Crippen molar-refractivity contribution in [1.29, 1.82) is 0 Å². The Labute approximate surface area is 215 Å². The molecular weight excluding hydrogens is 466 g/mol. The molecule has 0 aliphatic carbocycles. The van der Waals surface area contributed by atoms with Gasteiger partial charge in [0.2, 0.25) is 17.7 Å². The Morgan fingerprint density at radius 2 is 1.68 bits per heavy atom. The topological polar surface area (TPSA) is 96.4 Å². The third-order valence-corrected chi connectivity index (χ3v) is 6.88. The van der Waals surface area contributed by atoms with E-state index in [0.717, 1.165) is 22.3 Å². The molecule has 0 unspecified atom stereocenters. The van der Waals surface area contributed by atoms with Gasteiger partial charge in [-0.25, -0.2) is 0 Å². The monoisotopic (exact) mass is 493 g/mol. The molecule has 5 rings (SSSR count). The molecule has 4 aromatic rings. The third-order valence-electron chi connectivity index (χ3n) is 6.88. The molecule has 1 aliphatic rings. The molecule has 8 heteroatoms. The summed E-state index contributed by atoms with van der Waals surface area (Å²) in [6.07, 6.45) is 5.29. The zero-order chi connectivity index (χ0) is 25.8. The van der Waals surface area contributed by atoms with Gasteiger partial charge in [-0.3, -0.25) is 34.2 Å². The number of hydrogen-bond donors (Lipinski definition) is 0. The summed E-state index contributed by atoms with van der Waals surface area (Å²) in [5, 5.41) is 0. The summed E-state index contributed by atoms with van der Waals surface area (Å²) >= 11 is 0. The average molecular weight is 494 g/mol. The molecule has 0 saturated carbocycles. The lowest BCUT2D eigenvalue weighted by molar-refractivity contribution is -0.142. The lowest BCUT2D eigenvalue weighted by Crippen LogP contribution is -2.43. The molecule has 0 N–H and O–H groups in total. The van der Waals surface area contributed by atoms with E-state index in [1.165, 1.54) is 4.90 Å². The maximum absolute atomic E-state index is 13.8. The van der Waals surface area contributed by atoms with Gasteiger partial charge < -0.3 is 4.90 Å². The molecule has 1 aliphatic heterocycles. The number of nitrogens with zero attached hydrogens (tertiary/aromatic N) is 5. The van der Waals surface area contributed by atoms with Crippen molar-refractivity contribution in [3.63, 3.8) is 0 Å². The number of carbonyl (C=O) groups excluding carboxylic acids is 3. The van der Waals surface area contributed by atoms with Crippen molar-refractivity contribution in [2.24, 2.45) is 0 Å². The predicted molar refractivity (Wildman–Crippen MR) is 138 cm³/mol. The second kappa shape index (κ2) is 10.3. The van der Waals surface area contributed by atoms with Crippen molar-refractivity contribution >= 4 is 28.8 Å². The Morgan fingerprint density at radius 1 is 0.919 bits per heavy atom. The number of likely N-dealkylation sites (tertiary alicyclic amines) is 1. The number of rotatable bonds is 8. The first kappa shape index (κ1) is 24.2. The highest BCUT2D eigenvalue weighted by atomic mass is 16.2. The van der Waals surface area contributed by atoms with Gasteiger partial charge >= 0.3 is 0 Å². The van der Waals surface area contributed by atoms with E-state index in [0.29, 0.717) is 18.5 Å². The van der Waals surface area contributed by atoms with Gasteiger partial charge in [-0.1, -0.05) is 42.5 Å². The molecule has 8 nitrogen and oxygen atoms in total. The maximum Gasteiger partial charge on any atom is 0.240 e. The fraction of sp³-hybridized carbons (Fsp3) is 0.241. The molecule has 2 aromatic heterocycles. The van der Waals surface area contributed by atoms with Crippen molar-refractivity contribution in [1.82, 2.24) is 24.8 Å². The van der Waals surface area contributed by atoms with Gasteiger partial charge in [0.05, 0.1) is 16.4 Å². The van der Waals surface area contributed by atoms with Crippen molar-refractivity contribution in [3.05, 3.63) is 102 Å². The van der Waals surface area contributed by atoms with Crippen molar-refractivity contribution < 1.29 is 14.4 Å². The Bertz CT molecular complexity index is 1440. The van der Waals surface area contributed by atoms with Crippen molar-refractivity contribution in [2.45, 2.75) is 31.2 Å². The molecule has 1 fully saturated rings. The van der Waals surface area contributed by atoms with Crippen LogP contribution in [0.25, 0.3) is 11.0 Å². The summed E-state index contributed by atoms with van der Waals surface area (Å²) in [6, 6.07) is 20.4. The Hall–Kier alpha value is -4.46. The Balaban J connectivity index is 1.36. The highest BCUT2D eigenvalue weighted by molar-refractivity contribution is 6.10. The highest BCUT2D eigenvalue weighted by Crippen LogP contribution is 2.40. The largest absolute Gasteiger partial charge is 0.341 e. The number of fused-ring (bicyclic) bond motifs is 1. The van der Waals surface area contributed by atoms with Gasteiger partial charge in [0.1, 0.15) is 0 Å². The van der Waals surface area contributed by atoms with Crippen LogP contribution in [-0.4, -0.2) is 56.1 Å². The first-order valence-electron chi connectivity index (χ1n) is 12.2. The summed E-state index contributed by atoms with van der Waals surface area (Å²) in [6.45, 7) is 0.577. The number of pyridine rings is 1. The maximum atomic E-state index is 13.8. The SMILES string of the molecule is CN(Cc1ccc2nccnc2c1)C(=O)C[C@]1(c2ccccc2)CC(=O)N(CCc2ccccn2)C1=O. The first-order valence-corrected chi connectivity index (χ1v) is 12.2. The van der Waals surface area contributed by atoms with Crippen LogP contribution >= 0.6 is 0 Å². The predicted octanol–water partition coefficient (Wildman–Crippen LogP) is 3.31. The molecule has 186 valence electrons. The molecule has 0 spiro atoms. The van der Waals surface area contributed by atoms with E-state index >= 15 is 0 Å². The summed E-state index contributed by atoms with van der Waals surface area (Å²) in [4.78, 5) is 56.2. The van der Waals surface area contributed by atoms with Gasteiger partial charge in [0, 0.05) is 63.7 Å². The zero-order valence-electron chi connectivity index (χ0n) is 20.6. The summed E-state index contributed by atoms with van der Waals surface area (Å²) < 4.78 is 0. The number of imide groups is 1.